The van der Waals surface area contributed by atoms with Crippen molar-refractivity contribution in [1.82, 2.24) is 14.7 Å². The lowest BCUT2D eigenvalue weighted by atomic mass is 10.1. The number of hydrogen-bond acceptors (Lipinski definition) is 5. The van der Waals surface area contributed by atoms with E-state index in [2.05, 4.69) is 21.0 Å². The average Bonchev–Trinajstić information content (AvgIpc) is 2.67. The molecule has 0 N–H and O–H groups in total. The highest BCUT2D eigenvalue weighted by Crippen LogP contribution is 2.18. The van der Waals surface area contributed by atoms with Crippen LogP contribution in [-0.2, 0) is 22.5 Å². The van der Waals surface area contributed by atoms with E-state index in [-0.39, 0.29) is 25.1 Å². The topological polar surface area (TPSA) is 64.4 Å². The van der Waals surface area contributed by atoms with Crippen molar-refractivity contribution in [3.8, 4) is 0 Å². The Balaban J connectivity index is 1.94. The molecule has 0 atom stereocenters. The number of rotatable bonds is 7. The highest BCUT2D eigenvalue weighted by atomic mass is 79.9. The number of hydrogen-bond donors (Lipinski definition) is 0. The third-order valence-corrected chi connectivity index (χ3v) is 4.89. The third-order valence-electron chi connectivity index (χ3n) is 4.39. The first kappa shape index (κ1) is 21.1. The van der Waals surface area contributed by atoms with Gasteiger partial charge in [-0.2, -0.15) is 5.10 Å². The molecule has 2 aromatic carbocycles. The number of aromatic nitrogens is 2. The van der Waals surface area contributed by atoms with Crippen LogP contribution >= 0.6 is 15.9 Å². The van der Waals surface area contributed by atoms with Crippen molar-refractivity contribution in [2.45, 2.75) is 13.0 Å². The monoisotopic (exact) mass is 461 g/mol. The maximum atomic E-state index is 14.2. The van der Waals surface area contributed by atoms with Crippen LogP contribution in [0.25, 0.3) is 10.8 Å². The first-order valence-electron chi connectivity index (χ1n) is 9.08. The van der Waals surface area contributed by atoms with Gasteiger partial charge in [-0.05, 0) is 32.3 Å². The molecule has 0 bridgehead atoms. The first-order valence-corrected chi connectivity index (χ1v) is 9.87. The molecular formula is C21H21BrFN3O3. The van der Waals surface area contributed by atoms with Crippen molar-refractivity contribution < 1.29 is 13.9 Å². The maximum Gasteiger partial charge on any atom is 0.312 e. The van der Waals surface area contributed by atoms with Crippen LogP contribution in [0.1, 0.15) is 11.3 Å². The number of likely N-dealkylation sites (N-methyl/N-ethyl adjacent to an activating group) is 1. The normalized spacial score (nSPS) is 11.2. The van der Waals surface area contributed by atoms with Gasteiger partial charge in [0.05, 0.1) is 24.0 Å². The molecule has 0 aliphatic rings. The molecule has 3 rings (SSSR count). The van der Waals surface area contributed by atoms with E-state index in [0.29, 0.717) is 33.0 Å². The molecule has 0 saturated heterocycles. The van der Waals surface area contributed by atoms with Crippen molar-refractivity contribution in [1.29, 1.82) is 0 Å². The maximum absolute atomic E-state index is 14.2. The van der Waals surface area contributed by atoms with Gasteiger partial charge in [0.25, 0.3) is 5.56 Å². The molecule has 0 aliphatic carbocycles. The second-order valence-corrected chi connectivity index (χ2v) is 7.81. The van der Waals surface area contributed by atoms with Gasteiger partial charge in [0, 0.05) is 22.0 Å². The molecule has 8 heteroatoms. The standard InChI is InChI=1S/C21H21BrFN3O3/c1-25(2)9-10-29-20(27)12-19-16-5-3-4-6-17(16)21(28)26(24-19)13-14-7-8-15(22)11-18(14)23/h3-8,11H,9-10,12-13H2,1-2H3. The Morgan fingerprint density at radius 1 is 1.21 bits per heavy atom. The molecule has 0 amide bonds. The summed E-state index contributed by atoms with van der Waals surface area (Å²) in [5, 5.41) is 5.38. The summed E-state index contributed by atoms with van der Waals surface area (Å²) in [6.07, 6.45) is -0.0724. The summed E-state index contributed by atoms with van der Waals surface area (Å²) in [7, 11) is 3.78. The van der Waals surface area contributed by atoms with E-state index >= 15 is 0 Å². The Morgan fingerprint density at radius 2 is 1.93 bits per heavy atom. The fourth-order valence-electron chi connectivity index (χ4n) is 2.88. The predicted molar refractivity (Wildman–Crippen MR) is 112 cm³/mol. The minimum Gasteiger partial charge on any atom is -0.464 e. The lowest BCUT2D eigenvalue weighted by molar-refractivity contribution is -0.143. The van der Waals surface area contributed by atoms with Crippen molar-refractivity contribution in [3.05, 3.63) is 74.4 Å². The molecule has 1 heterocycles. The molecule has 152 valence electrons. The van der Waals surface area contributed by atoms with Gasteiger partial charge in [0.2, 0.25) is 0 Å². The van der Waals surface area contributed by atoms with Gasteiger partial charge in [0.1, 0.15) is 12.4 Å². The van der Waals surface area contributed by atoms with Crippen LogP contribution in [0.4, 0.5) is 4.39 Å². The largest absolute Gasteiger partial charge is 0.464 e. The SMILES string of the molecule is CN(C)CCOC(=O)Cc1nn(Cc2ccc(Br)cc2F)c(=O)c2ccccc12. The van der Waals surface area contributed by atoms with Gasteiger partial charge < -0.3 is 9.64 Å². The van der Waals surface area contributed by atoms with E-state index in [1.807, 2.05) is 19.0 Å². The van der Waals surface area contributed by atoms with Crippen LogP contribution in [0.2, 0.25) is 0 Å². The van der Waals surface area contributed by atoms with Gasteiger partial charge in [-0.15, -0.1) is 0 Å². The van der Waals surface area contributed by atoms with Crippen LogP contribution < -0.4 is 5.56 Å². The number of esters is 1. The van der Waals surface area contributed by atoms with Gasteiger partial charge in [-0.25, -0.2) is 9.07 Å². The second-order valence-electron chi connectivity index (χ2n) is 6.89. The van der Waals surface area contributed by atoms with E-state index < -0.39 is 11.8 Å². The van der Waals surface area contributed by atoms with E-state index in [1.54, 1.807) is 36.4 Å². The zero-order chi connectivity index (χ0) is 21.0. The molecule has 0 spiro atoms. The quantitative estimate of drug-likeness (QED) is 0.506. The molecule has 0 saturated carbocycles. The molecule has 0 radical (unpaired) electrons. The van der Waals surface area contributed by atoms with E-state index in [4.69, 9.17) is 4.74 Å². The van der Waals surface area contributed by atoms with Gasteiger partial charge in [0.15, 0.2) is 0 Å². The number of halogens is 2. The molecular weight excluding hydrogens is 441 g/mol. The summed E-state index contributed by atoms with van der Waals surface area (Å²) in [4.78, 5) is 27.0. The Labute approximate surface area is 176 Å². The summed E-state index contributed by atoms with van der Waals surface area (Å²) in [5.74, 6) is -0.865. The lowest BCUT2D eigenvalue weighted by Crippen LogP contribution is -2.27. The number of carbonyl (C=O) groups is 1. The highest BCUT2D eigenvalue weighted by molar-refractivity contribution is 9.10. The Hall–Kier alpha value is -2.58. The third kappa shape index (κ3) is 5.27. The molecule has 6 nitrogen and oxygen atoms in total. The number of nitrogens with zero attached hydrogens (tertiary/aromatic N) is 3. The number of benzene rings is 2. The highest BCUT2D eigenvalue weighted by Gasteiger charge is 2.15. The summed E-state index contributed by atoms with van der Waals surface area (Å²) in [6.45, 7) is 0.848. The smallest absolute Gasteiger partial charge is 0.312 e. The zero-order valence-corrected chi connectivity index (χ0v) is 17.8. The summed E-state index contributed by atoms with van der Waals surface area (Å²) < 4.78 is 21.3. The Bertz CT molecular complexity index is 1100. The summed E-state index contributed by atoms with van der Waals surface area (Å²) >= 11 is 3.22. The molecule has 0 unspecified atom stereocenters. The average molecular weight is 462 g/mol. The summed E-state index contributed by atoms with van der Waals surface area (Å²) in [5.41, 5.74) is 0.415. The van der Waals surface area contributed by atoms with Crippen LogP contribution in [0.5, 0.6) is 0 Å². The van der Waals surface area contributed by atoms with Crippen molar-refractivity contribution in [2.24, 2.45) is 0 Å². The van der Waals surface area contributed by atoms with Crippen LogP contribution in [0.15, 0.2) is 51.7 Å². The Morgan fingerprint density at radius 3 is 2.62 bits per heavy atom. The molecule has 29 heavy (non-hydrogen) atoms. The zero-order valence-electron chi connectivity index (χ0n) is 16.2. The second kappa shape index (κ2) is 9.28. The molecule has 3 aromatic rings. The Kier molecular flexibility index (Phi) is 6.76. The summed E-state index contributed by atoms with van der Waals surface area (Å²) in [6, 6.07) is 11.6. The number of ether oxygens (including phenoxy) is 1. The fourth-order valence-corrected chi connectivity index (χ4v) is 3.22. The minimum atomic E-state index is -0.439. The first-order chi connectivity index (χ1) is 13.8. The van der Waals surface area contributed by atoms with Crippen LogP contribution in [0, 0.1) is 5.82 Å². The van der Waals surface area contributed by atoms with Crippen LogP contribution in [-0.4, -0.2) is 47.9 Å². The molecule has 0 aliphatic heterocycles. The van der Waals surface area contributed by atoms with Gasteiger partial charge in [-0.3, -0.25) is 9.59 Å². The van der Waals surface area contributed by atoms with Gasteiger partial charge >= 0.3 is 5.97 Å². The molecule has 1 aromatic heterocycles. The fraction of sp³-hybridized carbons (Fsp3) is 0.286. The van der Waals surface area contributed by atoms with Crippen molar-refractivity contribution in [3.63, 3.8) is 0 Å². The van der Waals surface area contributed by atoms with Crippen LogP contribution in [0.3, 0.4) is 0 Å². The predicted octanol–water partition coefficient (Wildman–Crippen LogP) is 2.99. The van der Waals surface area contributed by atoms with Gasteiger partial charge in [-0.1, -0.05) is 40.2 Å². The number of fused-ring (bicyclic) bond motifs is 1. The van der Waals surface area contributed by atoms with E-state index in [1.165, 1.54) is 10.7 Å². The van der Waals surface area contributed by atoms with Crippen molar-refractivity contribution in [2.75, 3.05) is 27.2 Å². The van der Waals surface area contributed by atoms with E-state index in [9.17, 15) is 14.0 Å². The minimum absolute atomic E-state index is 0.0363. The molecule has 0 fully saturated rings. The van der Waals surface area contributed by atoms with Crippen molar-refractivity contribution >= 4 is 32.7 Å². The lowest BCUT2D eigenvalue weighted by Gasteiger charge is -2.13. The van der Waals surface area contributed by atoms with E-state index in [0.717, 1.165) is 0 Å². The number of carbonyl (C=O) groups excluding carboxylic acids is 1.